The molecule has 1 fully saturated rings. The molecule has 2 aromatic rings. The largest absolute Gasteiger partial charge is 0.497 e. The van der Waals surface area contributed by atoms with Gasteiger partial charge >= 0.3 is 10.2 Å². The molecular weight excluding hydrogens is 333 g/mol. The zero-order valence-corrected chi connectivity index (χ0v) is 13.8. The van der Waals surface area contributed by atoms with Crippen molar-refractivity contribution in [2.75, 3.05) is 18.6 Å². The third-order valence-electron chi connectivity index (χ3n) is 4.06. The van der Waals surface area contributed by atoms with Crippen molar-refractivity contribution >= 4 is 21.8 Å². The van der Waals surface area contributed by atoms with Gasteiger partial charge < -0.3 is 9.64 Å². The molecule has 7 heteroatoms. The molecule has 0 spiro atoms. The average Bonchev–Trinajstić information content (AvgIpc) is 2.97. The topological polar surface area (TPSA) is 63.7 Å². The van der Waals surface area contributed by atoms with Gasteiger partial charge in [0.1, 0.15) is 11.0 Å². The Bertz CT molecular complexity index is 882. The molecule has 0 aliphatic carbocycles. The smallest absolute Gasteiger partial charge is 0.307 e. The predicted octanol–water partition coefficient (Wildman–Crippen LogP) is 2.77. The normalized spacial score (nSPS) is 18.0. The number of para-hydroxylation sites is 1. The van der Waals surface area contributed by atoms with Gasteiger partial charge in [-0.2, -0.15) is 8.42 Å². The lowest BCUT2D eigenvalue weighted by molar-refractivity contribution is -0.117. The van der Waals surface area contributed by atoms with Gasteiger partial charge in [0.25, 0.3) is 0 Å². The number of carbonyl (C=O) groups excluding carboxylic acids is 1. The summed E-state index contributed by atoms with van der Waals surface area (Å²) in [7, 11) is -3.19. The molecule has 1 atom stereocenters. The Kier molecular flexibility index (Phi) is 4.28. The van der Waals surface area contributed by atoms with Crippen LogP contribution in [-0.4, -0.2) is 33.2 Å². The number of methoxy groups -OCH3 is 1. The highest BCUT2D eigenvalue weighted by Gasteiger charge is 2.39. The van der Waals surface area contributed by atoms with E-state index in [0.29, 0.717) is 11.4 Å². The van der Waals surface area contributed by atoms with E-state index in [0.717, 1.165) is 11.1 Å². The van der Waals surface area contributed by atoms with Crippen LogP contribution in [0.1, 0.15) is 6.42 Å². The fourth-order valence-electron chi connectivity index (χ4n) is 2.84. The number of hydrogen-bond donors (Lipinski definition) is 0. The zero-order valence-electron chi connectivity index (χ0n) is 13.0. The van der Waals surface area contributed by atoms with E-state index in [1.54, 1.807) is 25.3 Å². The molecular formula is C17H16FNO4S. The van der Waals surface area contributed by atoms with Gasteiger partial charge in [0.2, 0.25) is 5.91 Å². The van der Waals surface area contributed by atoms with Crippen LogP contribution in [0.5, 0.6) is 5.75 Å². The molecule has 24 heavy (non-hydrogen) atoms. The average molecular weight is 349 g/mol. The van der Waals surface area contributed by atoms with Gasteiger partial charge in [0.05, 0.1) is 12.8 Å². The first kappa shape index (κ1) is 16.4. The van der Waals surface area contributed by atoms with Crippen LogP contribution in [0.3, 0.4) is 0 Å². The summed E-state index contributed by atoms with van der Waals surface area (Å²) in [5.41, 5.74) is 2.13. The predicted molar refractivity (Wildman–Crippen MR) is 89.2 cm³/mol. The summed E-state index contributed by atoms with van der Waals surface area (Å²) in [6.07, 6.45) is -0.342. The molecule has 2 aromatic carbocycles. The number of amides is 1. The molecule has 0 bridgehead atoms. The van der Waals surface area contributed by atoms with Gasteiger partial charge in [-0.25, -0.2) is 0 Å². The van der Waals surface area contributed by atoms with E-state index >= 15 is 0 Å². The minimum Gasteiger partial charge on any atom is -0.497 e. The van der Waals surface area contributed by atoms with E-state index in [-0.39, 0.29) is 13.0 Å². The summed E-state index contributed by atoms with van der Waals surface area (Å²) in [6, 6.07) is 14.4. The van der Waals surface area contributed by atoms with Gasteiger partial charge in [-0.15, -0.1) is 3.89 Å². The second-order valence-electron chi connectivity index (χ2n) is 5.56. The van der Waals surface area contributed by atoms with Crippen LogP contribution in [0.2, 0.25) is 0 Å². The van der Waals surface area contributed by atoms with Crippen LogP contribution >= 0.6 is 0 Å². The van der Waals surface area contributed by atoms with E-state index in [4.69, 9.17) is 4.74 Å². The lowest BCUT2D eigenvalue weighted by atomic mass is 10.0. The zero-order chi connectivity index (χ0) is 17.3. The molecule has 1 unspecified atom stereocenters. The molecule has 0 radical (unpaired) electrons. The maximum Gasteiger partial charge on any atom is 0.307 e. The van der Waals surface area contributed by atoms with Gasteiger partial charge in [-0.05, 0) is 23.8 Å². The molecule has 1 saturated heterocycles. The van der Waals surface area contributed by atoms with Crippen molar-refractivity contribution in [2.24, 2.45) is 0 Å². The maximum absolute atomic E-state index is 13.3. The Balaban J connectivity index is 2.02. The third kappa shape index (κ3) is 3.12. The Morgan fingerprint density at radius 3 is 2.58 bits per heavy atom. The number of anilines is 1. The van der Waals surface area contributed by atoms with Crippen LogP contribution in [-0.2, 0) is 15.0 Å². The lowest BCUT2D eigenvalue weighted by Gasteiger charge is -2.20. The van der Waals surface area contributed by atoms with Crippen molar-refractivity contribution in [2.45, 2.75) is 11.7 Å². The highest BCUT2D eigenvalue weighted by atomic mass is 32.3. The summed E-state index contributed by atoms with van der Waals surface area (Å²) < 4.78 is 40.7. The van der Waals surface area contributed by atoms with Crippen molar-refractivity contribution in [1.82, 2.24) is 0 Å². The van der Waals surface area contributed by atoms with Crippen LogP contribution in [0.15, 0.2) is 48.5 Å². The van der Waals surface area contributed by atoms with E-state index in [1.807, 2.05) is 30.3 Å². The summed E-state index contributed by atoms with van der Waals surface area (Å²) in [4.78, 5) is 13.5. The van der Waals surface area contributed by atoms with E-state index in [9.17, 15) is 17.1 Å². The molecule has 1 heterocycles. The first-order valence-corrected chi connectivity index (χ1v) is 8.82. The SMILES string of the molecule is COc1cccc(-c2ccccc2N2CC(S(=O)(=O)F)CC2=O)c1. The van der Waals surface area contributed by atoms with E-state index in [2.05, 4.69) is 0 Å². The Morgan fingerprint density at radius 2 is 1.92 bits per heavy atom. The molecule has 1 aliphatic heterocycles. The standard InChI is InChI=1S/C17H16FNO4S/c1-23-13-6-4-5-12(9-13)15-7-2-3-8-16(15)19-11-14(10-17(19)20)24(18,21)22/h2-9,14H,10-11H2,1H3. The van der Waals surface area contributed by atoms with Crippen molar-refractivity contribution in [3.8, 4) is 16.9 Å². The lowest BCUT2D eigenvalue weighted by Crippen LogP contribution is -2.27. The second kappa shape index (κ2) is 6.24. The first-order valence-electron chi connectivity index (χ1n) is 7.37. The number of ether oxygens (including phenoxy) is 1. The van der Waals surface area contributed by atoms with E-state index in [1.165, 1.54) is 4.90 Å². The number of rotatable bonds is 4. The van der Waals surface area contributed by atoms with Crippen molar-refractivity contribution in [3.05, 3.63) is 48.5 Å². The maximum atomic E-state index is 13.3. The molecule has 1 amide bonds. The Morgan fingerprint density at radius 1 is 1.17 bits per heavy atom. The minimum atomic E-state index is -4.75. The number of benzene rings is 2. The number of carbonyl (C=O) groups is 1. The Labute approximate surface area is 139 Å². The van der Waals surface area contributed by atoms with Gasteiger partial charge in [-0.1, -0.05) is 30.3 Å². The molecule has 5 nitrogen and oxygen atoms in total. The highest BCUT2D eigenvalue weighted by molar-refractivity contribution is 7.87. The molecule has 1 aliphatic rings. The quantitative estimate of drug-likeness (QED) is 0.796. The van der Waals surface area contributed by atoms with Crippen LogP contribution < -0.4 is 9.64 Å². The van der Waals surface area contributed by atoms with Crippen molar-refractivity contribution in [1.29, 1.82) is 0 Å². The molecule has 0 N–H and O–H groups in total. The fourth-order valence-corrected chi connectivity index (χ4v) is 3.51. The number of nitrogens with zero attached hydrogens (tertiary/aromatic N) is 1. The summed E-state index contributed by atoms with van der Waals surface area (Å²) in [6.45, 7) is -0.182. The minimum absolute atomic E-state index is 0.182. The molecule has 126 valence electrons. The van der Waals surface area contributed by atoms with Gasteiger partial charge in [0.15, 0.2) is 0 Å². The van der Waals surface area contributed by atoms with Crippen LogP contribution in [0, 0.1) is 0 Å². The van der Waals surface area contributed by atoms with E-state index < -0.39 is 21.4 Å². The molecule has 0 aromatic heterocycles. The monoisotopic (exact) mass is 349 g/mol. The highest BCUT2D eigenvalue weighted by Crippen LogP contribution is 2.35. The summed E-state index contributed by atoms with van der Waals surface area (Å²) in [5.74, 6) is 0.260. The molecule has 3 rings (SSSR count). The van der Waals surface area contributed by atoms with Gasteiger partial charge in [-0.3, -0.25) is 4.79 Å². The Hall–Kier alpha value is -2.41. The summed E-state index contributed by atoms with van der Waals surface area (Å²) in [5, 5.41) is -1.32. The number of hydrogen-bond acceptors (Lipinski definition) is 4. The van der Waals surface area contributed by atoms with Crippen LogP contribution in [0.4, 0.5) is 9.57 Å². The second-order valence-corrected chi connectivity index (χ2v) is 7.17. The summed E-state index contributed by atoms with van der Waals surface area (Å²) >= 11 is 0. The first-order chi connectivity index (χ1) is 11.4. The van der Waals surface area contributed by atoms with Crippen LogP contribution in [0.25, 0.3) is 11.1 Å². The van der Waals surface area contributed by atoms with Crippen molar-refractivity contribution in [3.63, 3.8) is 0 Å². The molecule has 0 saturated carbocycles. The number of halogens is 1. The fraction of sp³-hybridized carbons (Fsp3) is 0.235. The van der Waals surface area contributed by atoms with Gasteiger partial charge in [0, 0.05) is 18.5 Å². The third-order valence-corrected chi connectivity index (χ3v) is 5.18. The van der Waals surface area contributed by atoms with Crippen molar-refractivity contribution < 1.29 is 21.8 Å².